The highest BCUT2D eigenvalue weighted by Gasteiger charge is 2.62. The Labute approximate surface area is 232 Å². The zero-order valence-electron chi connectivity index (χ0n) is 22.3. The lowest BCUT2D eigenvalue weighted by Gasteiger charge is -2.39. The summed E-state index contributed by atoms with van der Waals surface area (Å²) in [5, 5.41) is 11.4. The van der Waals surface area contributed by atoms with Crippen molar-refractivity contribution in [3.8, 4) is 11.5 Å². The summed E-state index contributed by atoms with van der Waals surface area (Å²) < 4.78 is 31.7. The molecule has 206 valence electrons. The number of ether oxygens (including phenoxy) is 5. The number of nitrogens with zero attached hydrogens (tertiary/aromatic N) is 1. The smallest absolute Gasteiger partial charge is 0.252 e. The zero-order valence-corrected chi connectivity index (χ0v) is 22.3. The molecule has 0 aliphatic carbocycles. The Morgan fingerprint density at radius 3 is 2.00 bits per heavy atom. The van der Waals surface area contributed by atoms with E-state index in [1.807, 2.05) is 78.9 Å². The van der Waals surface area contributed by atoms with Crippen molar-refractivity contribution < 1.29 is 28.8 Å². The Morgan fingerprint density at radius 1 is 0.850 bits per heavy atom. The van der Waals surface area contributed by atoms with E-state index in [0.717, 1.165) is 28.2 Å². The van der Waals surface area contributed by atoms with Gasteiger partial charge in [0.15, 0.2) is 6.23 Å². The van der Waals surface area contributed by atoms with Crippen LogP contribution in [-0.4, -0.2) is 54.9 Å². The number of fused-ring (bicyclic) bond motifs is 2. The minimum Gasteiger partial charge on any atom is -0.497 e. The highest BCUT2D eigenvalue weighted by Crippen LogP contribution is 2.48. The summed E-state index contributed by atoms with van der Waals surface area (Å²) >= 11 is 0. The van der Waals surface area contributed by atoms with Gasteiger partial charge in [-0.05, 0) is 47.0 Å². The molecule has 2 aliphatic heterocycles. The maximum atomic E-state index is 12.6. The fourth-order valence-electron chi connectivity index (χ4n) is 5.69. The molecule has 2 aliphatic rings. The fourth-order valence-corrected chi connectivity index (χ4v) is 5.69. The van der Waals surface area contributed by atoms with E-state index < -0.39 is 29.6 Å². The molecule has 0 amide bonds. The highest BCUT2D eigenvalue weighted by atomic mass is 16.7. The summed E-state index contributed by atoms with van der Waals surface area (Å²) in [5.41, 5.74) is 0.114. The standard InChI is InChI=1S/C32H31NO7/c1-36-25-15-11-23(12-16-25)32(22-8-4-3-5-9-22,24-13-17-26(37-2)18-14-24)39-21-31-20-38-28(29(31)35)30(40-31)33-19-7-6-10-27(33)34/h3-19,28-30,35H,20-21H2,1-2H3/t28-,29+,30?,31-/m1/s1. The van der Waals surface area contributed by atoms with Gasteiger partial charge in [0, 0.05) is 12.3 Å². The van der Waals surface area contributed by atoms with Crippen molar-refractivity contribution in [1.29, 1.82) is 0 Å². The van der Waals surface area contributed by atoms with Gasteiger partial charge in [0.05, 0.1) is 27.4 Å². The first kappa shape index (κ1) is 26.3. The second kappa shape index (κ2) is 10.6. The maximum absolute atomic E-state index is 12.6. The lowest BCUT2D eigenvalue weighted by molar-refractivity contribution is -0.204. The van der Waals surface area contributed by atoms with E-state index in [1.54, 1.807) is 32.5 Å². The number of hydrogen-bond donors (Lipinski definition) is 1. The van der Waals surface area contributed by atoms with Gasteiger partial charge in [0.2, 0.25) is 0 Å². The normalized spacial score (nSPS) is 23.7. The summed E-state index contributed by atoms with van der Waals surface area (Å²) in [4.78, 5) is 12.6. The van der Waals surface area contributed by atoms with Crippen LogP contribution >= 0.6 is 0 Å². The number of aliphatic hydroxyl groups excluding tert-OH is 1. The molecule has 1 unspecified atom stereocenters. The average Bonchev–Trinajstić information content (AvgIpc) is 3.47. The summed E-state index contributed by atoms with van der Waals surface area (Å²) in [6.45, 7) is 0.128. The van der Waals surface area contributed by atoms with E-state index in [1.165, 1.54) is 10.6 Å². The van der Waals surface area contributed by atoms with Gasteiger partial charge in [-0.15, -0.1) is 0 Å². The zero-order chi connectivity index (χ0) is 27.7. The summed E-state index contributed by atoms with van der Waals surface area (Å²) in [6.07, 6.45) is -0.822. The third-order valence-corrected chi connectivity index (χ3v) is 7.84. The molecule has 3 aromatic carbocycles. The molecule has 6 rings (SSSR count). The van der Waals surface area contributed by atoms with Crippen LogP contribution in [0.4, 0.5) is 0 Å². The first-order valence-electron chi connectivity index (χ1n) is 13.1. The van der Waals surface area contributed by atoms with Crippen molar-refractivity contribution in [3.63, 3.8) is 0 Å². The fraction of sp³-hybridized carbons (Fsp3) is 0.281. The Kier molecular flexibility index (Phi) is 6.93. The van der Waals surface area contributed by atoms with Crippen LogP contribution in [-0.2, 0) is 19.8 Å². The third kappa shape index (κ3) is 4.30. The van der Waals surface area contributed by atoms with Gasteiger partial charge in [-0.1, -0.05) is 60.7 Å². The number of benzene rings is 3. The van der Waals surface area contributed by atoms with Crippen LogP contribution in [0.3, 0.4) is 0 Å². The predicted octanol–water partition coefficient (Wildman–Crippen LogP) is 3.90. The molecule has 3 heterocycles. The predicted molar refractivity (Wildman–Crippen MR) is 148 cm³/mol. The van der Waals surface area contributed by atoms with E-state index in [2.05, 4.69) is 0 Å². The monoisotopic (exact) mass is 541 g/mol. The Balaban J connectivity index is 1.44. The van der Waals surface area contributed by atoms with Crippen LogP contribution in [0, 0.1) is 0 Å². The van der Waals surface area contributed by atoms with Crippen molar-refractivity contribution in [2.45, 2.75) is 29.6 Å². The molecule has 0 radical (unpaired) electrons. The molecule has 40 heavy (non-hydrogen) atoms. The Hall–Kier alpha value is -3.95. The second-order valence-corrected chi connectivity index (χ2v) is 10.0. The van der Waals surface area contributed by atoms with Crippen LogP contribution in [0.15, 0.2) is 108 Å². The largest absolute Gasteiger partial charge is 0.497 e. The molecule has 2 fully saturated rings. The van der Waals surface area contributed by atoms with E-state index in [-0.39, 0.29) is 18.8 Å². The molecule has 2 saturated heterocycles. The number of hydrogen-bond acceptors (Lipinski definition) is 7. The molecule has 1 N–H and O–H groups in total. The summed E-state index contributed by atoms with van der Waals surface area (Å²) in [7, 11) is 3.25. The number of aromatic nitrogens is 1. The lowest BCUT2D eigenvalue weighted by atomic mass is 9.79. The van der Waals surface area contributed by atoms with Crippen molar-refractivity contribution in [2.24, 2.45) is 0 Å². The van der Waals surface area contributed by atoms with Crippen molar-refractivity contribution in [2.75, 3.05) is 27.4 Å². The summed E-state index contributed by atoms with van der Waals surface area (Å²) in [5.74, 6) is 1.44. The van der Waals surface area contributed by atoms with Gasteiger partial charge >= 0.3 is 0 Å². The number of aliphatic hydroxyl groups is 1. The molecule has 0 saturated carbocycles. The second-order valence-electron chi connectivity index (χ2n) is 10.0. The molecule has 4 aromatic rings. The third-order valence-electron chi connectivity index (χ3n) is 7.84. The SMILES string of the molecule is COc1ccc(C(OC[C@@]23CO[C@@H](C(n4ccccc4=O)O2)[C@@H]3O)(c2ccccc2)c2ccc(OC)cc2)cc1. The van der Waals surface area contributed by atoms with Crippen molar-refractivity contribution in [1.82, 2.24) is 4.57 Å². The molecule has 1 aromatic heterocycles. The molecule has 8 nitrogen and oxygen atoms in total. The van der Waals surface area contributed by atoms with Crippen LogP contribution in [0.2, 0.25) is 0 Å². The van der Waals surface area contributed by atoms with E-state index in [4.69, 9.17) is 23.7 Å². The van der Waals surface area contributed by atoms with Gasteiger partial charge in [0.25, 0.3) is 5.56 Å². The van der Waals surface area contributed by atoms with Crippen LogP contribution < -0.4 is 15.0 Å². The number of rotatable bonds is 9. The number of methoxy groups -OCH3 is 2. The van der Waals surface area contributed by atoms with Gasteiger partial charge in [-0.3, -0.25) is 9.36 Å². The van der Waals surface area contributed by atoms with Gasteiger partial charge in [0.1, 0.15) is 34.9 Å². The van der Waals surface area contributed by atoms with E-state index in [0.29, 0.717) is 0 Å². The molecule has 0 spiro atoms. The van der Waals surface area contributed by atoms with Gasteiger partial charge in [-0.2, -0.15) is 0 Å². The molecular formula is C32H31NO7. The van der Waals surface area contributed by atoms with Crippen molar-refractivity contribution in [3.05, 3.63) is 130 Å². The van der Waals surface area contributed by atoms with Crippen LogP contribution in [0.1, 0.15) is 22.9 Å². The average molecular weight is 542 g/mol. The molecule has 4 atom stereocenters. The Bertz CT molecular complexity index is 1460. The summed E-state index contributed by atoms with van der Waals surface area (Å²) in [6, 6.07) is 30.2. The van der Waals surface area contributed by atoms with Gasteiger partial charge in [-0.25, -0.2) is 0 Å². The van der Waals surface area contributed by atoms with Crippen LogP contribution in [0.5, 0.6) is 11.5 Å². The van der Waals surface area contributed by atoms with E-state index in [9.17, 15) is 9.90 Å². The first-order valence-corrected chi connectivity index (χ1v) is 13.1. The van der Waals surface area contributed by atoms with Crippen molar-refractivity contribution >= 4 is 0 Å². The first-order chi connectivity index (χ1) is 19.5. The quantitative estimate of drug-likeness (QED) is 0.322. The lowest BCUT2D eigenvalue weighted by Crippen LogP contribution is -2.48. The highest BCUT2D eigenvalue weighted by molar-refractivity contribution is 5.49. The van der Waals surface area contributed by atoms with E-state index >= 15 is 0 Å². The topological polar surface area (TPSA) is 88.4 Å². The van der Waals surface area contributed by atoms with Gasteiger partial charge < -0.3 is 28.8 Å². The maximum Gasteiger partial charge on any atom is 0.252 e. The molecule has 8 heteroatoms. The minimum absolute atomic E-state index is 0.00426. The van der Waals surface area contributed by atoms with Crippen LogP contribution in [0.25, 0.3) is 0 Å². The molecular weight excluding hydrogens is 510 g/mol. The molecule has 2 bridgehead atoms. The minimum atomic E-state index is -1.18. The number of pyridine rings is 1. The Morgan fingerprint density at radius 2 is 1.43 bits per heavy atom.